The van der Waals surface area contributed by atoms with E-state index in [1.165, 1.54) is 12.8 Å². The number of halogens is 1. The highest BCUT2D eigenvalue weighted by molar-refractivity contribution is 6.20. The Hall–Kier alpha value is -0.830. The van der Waals surface area contributed by atoms with E-state index in [1.807, 2.05) is 12.1 Å². The minimum atomic E-state index is 0.333. The molecule has 1 heterocycles. The molecule has 3 nitrogen and oxygen atoms in total. The van der Waals surface area contributed by atoms with E-state index in [9.17, 15) is 0 Å². The second kappa shape index (κ2) is 4.60. The molecule has 1 aliphatic rings. The molecule has 14 heavy (non-hydrogen) atoms. The zero-order valence-corrected chi connectivity index (χ0v) is 8.74. The summed E-state index contributed by atoms with van der Waals surface area (Å²) < 4.78 is 0. The standard InChI is InChI=1S/C10H14ClN3/c11-9-4-1-3-8(9)7-12-10-5-2-6-13-14-10/h2,5-6,8-9H,1,3-4,7H2,(H,12,14). The van der Waals surface area contributed by atoms with E-state index in [-0.39, 0.29) is 0 Å². The van der Waals surface area contributed by atoms with Crippen LogP contribution in [0.5, 0.6) is 0 Å². The van der Waals surface area contributed by atoms with Crippen LogP contribution in [-0.4, -0.2) is 22.1 Å². The van der Waals surface area contributed by atoms with E-state index < -0.39 is 0 Å². The number of hydrogen-bond acceptors (Lipinski definition) is 3. The van der Waals surface area contributed by atoms with Crippen LogP contribution in [0.1, 0.15) is 19.3 Å². The van der Waals surface area contributed by atoms with Crippen molar-refractivity contribution in [2.75, 3.05) is 11.9 Å². The third-order valence-corrected chi connectivity index (χ3v) is 3.26. The molecule has 1 saturated carbocycles. The number of alkyl halides is 1. The number of anilines is 1. The number of hydrogen-bond donors (Lipinski definition) is 1. The first-order chi connectivity index (χ1) is 6.86. The van der Waals surface area contributed by atoms with Crippen LogP contribution < -0.4 is 5.32 Å². The van der Waals surface area contributed by atoms with Gasteiger partial charge in [0.15, 0.2) is 0 Å². The van der Waals surface area contributed by atoms with Gasteiger partial charge in [0.2, 0.25) is 0 Å². The molecule has 4 heteroatoms. The summed E-state index contributed by atoms with van der Waals surface area (Å²) in [5.74, 6) is 1.42. The summed E-state index contributed by atoms with van der Waals surface area (Å²) >= 11 is 6.17. The van der Waals surface area contributed by atoms with Crippen molar-refractivity contribution in [1.82, 2.24) is 10.2 Å². The highest BCUT2D eigenvalue weighted by Crippen LogP contribution is 2.29. The van der Waals surface area contributed by atoms with Crippen molar-refractivity contribution < 1.29 is 0 Å². The van der Waals surface area contributed by atoms with E-state index >= 15 is 0 Å². The largest absolute Gasteiger partial charge is 0.368 e. The Bertz CT molecular complexity index is 278. The van der Waals surface area contributed by atoms with Crippen molar-refractivity contribution in [3.05, 3.63) is 18.3 Å². The minimum Gasteiger partial charge on any atom is -0.368 e. The fourth-order valence-electron chi connectivity index (χ4n) is 1.85. The highest BCUT2D eigenvalue weighted by Gasteiger charge is 2.24. The third-order valence-electron chi connectivity index (χ3n) is 2.68. The van der Waals surface area contributed by atoms with Crippen molar-refractivity contribution in [2.24, 2.45) is 5.92 Å². The van der Waals surface area contributed by atoms with Crippen molar-refractivity contribution in [1.29, 1.82) is 0 Å². The molecule has 0 aromatic carbocycles. The lowest BCUT2D eigenvalue weighted by Crippen LogP contribution is -2.18. The van der Waals surface area contributed by atoms with Gasteiger partial charge in [-0.15, -0.1) is 16.7 Å². The Balaban J connectivity index is 1.82. The molecule has 1 aliphatic carbocycles. The summed E-state index contributed by atoms with van der Waals surface area (Å²) in [5.41, 5.74) is 0. The van der Waals surface area contributed by atoms with Gasteiger partial charge in [-0.2, -0.15) is 5.10 Å². The smallest absolute Gasteiger partial charge is 0.148 e. The van der Waals surface area contributed by atoms with Gasteiger partial charge < -0.3 is 5.32 Å². The van der Waals surface area contributed by atoms with Crippen molar-refractivity contribution in [2.45, 2.75) is 24.6 Å². The number of aromatic nitrogens is 2. The average molecular weight is 212 g/mol. The molecule has 0 bridgehead atoms. The predicted molar refractivity (Wildman–Crippen MR) is 57.5 cm³/mol. The predicted octanol–water partition coefficient (Wildman–Crippen LogP) is 2.30. The second-order valence-electron chi connectivity index (χ2n) is 3.70. The maximum absolute atomic E-state index is 6.17. The van der Waals surface area contributed by atoms with E-state index in [4.69, 9.17) is 11.6 Å². The lowest BCUT2D eigenvalue weighted by molar-refractivity contribution is 0.584. The van der Waals surface area contributed by atoms with Crippen LogP contribution in [0.2, 0.25) is 0 Å². The lowest BCUT2D eigenvalue weighted by Gasteiger charge is -2.14. The summed E-state index contributed by atoms with van der Waals surface area (Å²) in [6, 6.07) is 3.80. The monoisotopic (exact) mass is 211 g/mol. The van der Waals surface area contributed by atoms with Crippen LogP contribution in [0.25, 0.3) is 0 Å². The molecule has 0 amide bonds. The molecule has 1 aromatic heterocycles. The van der Waals surface area contributed by atoms with Gasteiger partial charge in [0.1, 0.15) is 5.82 Å². The fraction of sp³-hybridized carbons (Fsp3) is 0.600. The summed E-state index contributed by atoms with van der Waals surface area (Å²) in [6.07, 6.45) is 5.29. The topological polar surface area (TPSA) is 37.8 Å². The van der Waals surface area contributed by atoms with Crippen LogP contribution >= 0.6 is 11.6 Å². The summed E-state index contributed by atoms with van der Waals surface area (Å²) in [5, 5.41) is 11.4. The van der Waals surface area contributed by atoms with Gasteiger partial charge in [-0.1, -0.05) is 6.42 Å². The molecule has 0 spiro atoms. The van der Waals surface area contributed by atoms with Gasteiger partial charge in [0, 0.05) is 18.1 Å². The second-order valence-corrected chi connectivity index (χ2v) is 4.26. The van der Waals surface area contributed by atoms with Gasteiger partial charge in [-0.05, 0) is 30.9 Å². The van der Waals surface area contributed by atoms with E-state index in [0.29, 0.717) is 11.3 Å². The Labute approximate surface area is 88.9 Å². The van der Waals surface area contributed by atoms with Crippen molar-refractivity contribution in [3.63, 3.8) is 0 Å². The molecule has 1 N–H and O–H groups in total. The Kier molecular flexibility index (Phi) is 3.19. The molecule has 1 aromatic rings. The maximum Gasteiger partial charge on any atom is 0.148 e. The number of nitrogens with zero attached hydrogens (tertiary/aromatic N) is 2. The molecule has 0 aliphatic heterocycles. The van der Waals surface area contributed by atoms with Crippen LogP contribution in [-0.2, 0) is 0 Å². The Morgan fingerprint density at radius 2 is 2.43 bits per heavy atom. The normalized spacial score (nSPS) is 26.4. The van der Waals surface area contributed by atoms with Crippen molar-refractivity contribution in [3.8, 4) is 0 Å². The van der Waals surface area contributed by atoms with Crippen LogP contribution in [0, 0.1) is 5.92 Å². The lowest BCUT2D eigenvalue weighted by atomic mass is 10.1. The summed E-state index contributed by atoms with van der Waals surface area (Å²) in [4.78, 5) is 0. The molecule has 2 atom stereocenters. The van der Waals surface area contributed by atoms with Gasteiger partial charge in [0.25, 0.3) is 0 Å². The molecule has 2 rings (SSSR count). The minimum absolute atomic E-state index is 0.333. The first-order valence-electron chi connectivity index (χ1n) is 5.02. The van der Waals surface area contributed by atoms with E-state index in [2.05, 4.69) is 15.5 Å². The van der Waals surface area contributed by atoms with Gasteiger partial charge in [0.05, 0.1) is 0 Å². The van der Waals surface area contributed by atoms with Crippen LogP contribution in [0.15, 0.2) is 18.3 Å². The van der Waals surface area contributed by atoms with Gasteiger partial charge >= 0.3 is 0 Å². The number of rotatable bonds is 3. The van der Waals surface area contributed by atoms with Gasteiger partial charge in [-0.25, -0.2) is 0 Å². The van der Waals surface area contributed by atoms with Gasteiger partial charge in [-0.3, -0.25) is 0 Å². The first-order valence-corrected chi connectivity index (χ1v) is 5.45. The average Bonchev–Trinajstić information content (AvgIpc) is 2.63. The third kappa shape index (κ3) is 2.35. The molecule has 1 fully saturated rings. The molecule has 2 unspecified atom stereocenters. The molecular formula is C10H14ClN3. The zero-order valence-electron chi connectivity index (χ0n) is 7.99. The summed E-state index contributed by atoms with van der Waals surface area (Å²) in [7, 11) is 0. The summed E-state index contributed by atoms with van der Waals surface area (Å²) in [6.45, 7) is 0.910. The SMILES string of the molecule is ClC1CCCC1CNc1cccnn1. The first kappa shape index (κ1) is 9.71. The quantitative estimate of drug-likeness (QED) is 0.780. The Morgan fingerprint density at radius 1 is 1.50 bits per heavy atom. The maximum atomic E-state index is 6.17. The van der Waals surface area contributed by atoms with E-state index in [0.717, 1.165) is 18.8 Å². The zero-order chi connectivity index (χ0) is 9.80. The van der Waals surface area contributed by atoms with E-state index in [1.54, 1.807) is 6.20 Å². The molecular weight excluding hydrogens is 198 g/mol. The Morgan fingerprint density at radius 3 is 3.07 bits per heavy atom. The van der Waals surface area contributed by atoms with Crippen LogP contribution in [0.3, 0.4) is 0 Å². The molecule has 0 radical (unpaired) electrons. The number of nitrogens with one attached hydrogen (secondary N) is 1. The van der Waals surface area contributed by atoms with Crippen molar-refractivity contribution >= 4 is 17.4 Å². The molecule has 76 valence electrons. The van der Waals surface area contributed by atoms with Crippen LogP contribution in [0.4, 0.5) is 5.82 Å². The molecule has 0 saturated heterocycles. The fourth-order valence-corrected chi connectivity index (χ4v) is 2.22. The highest BCUT2D eigenvalue weighted by atomic mass is 35.5.